The van der Waals surface area contributed by atoms with Crippen molar-refractivity contribution in [2.45, 2.75) is 30.8 Å². The molecule has 0 N–H and O–H groups in total. The van der Waals surface area contributed by atoms with Crippen LogP contribution in [0.4, 0.5) is 10.1 Å². The third kappa shape index (κ3) is 2.29. The lowest BCUT2D eigenvalue weighted by Gasteiger charge is -2.35. The van der Waals surface area contributed by atoms with E-state index in [4.69, 9.17) is 0 Å². The molecule has 1 aromatic carbocycles. The van der Waals surface area contributed by atoms with E-state index in [1.165, 1.54) is 16.6 Å². The molecular formula is C15H15FN2O2S. The number of hydrogen-bond acceptors (Lipinski definition) is 3. The number of fused-ring (bicyclic) bond motifs is 1. The Bertz CT molecular complexity index is 777. The largest absolute Gasteiger partial charge is 0.285 e. The van der Waals surface area contributed by atoms with Crippen molar-refractivity contribution in [1.29, 1.82) is 0 Å². The van der Waals surface area contributed by atoms with Crippen LogP contribution in [0.1, 0.15) is 18.9 Å². The molecule has 1 aliphatic rings. The van der Waals surface area contributed by atoms with Crippen molar-refractivity contribution in [2.24, 2.45) is 0 Å². The van der Waals surface area contributed by atoms with Crippen LogP contribution < -0.4 is 4.31 Å². The van der Waals surface area contributed by atoms with Crippen LogP contribution in [0.3, 0.4) is 0 Å². The van der Waals surface area contributed by atoms with E-state index in [2.05, 4.69) is 4.98 Å². The summed E-state index contributed by atoms with van der Waals surface area (Å²) in [5.74, 6) is -0.826. The maximum atomic E-state index is 13.9. The number of sulfonamides is 1. The van der Waals surface area contributed by atoms with Crippen LogP contribution in [0, 0.1) is 5.82 Å². The van der Waals surface area contributed by atoms with Crippen molar-refractivity contribution in [2.75, 3.05) is 4.31 Å². The molecule has 110 valence electrons. The Balaban J connectivity index is 2.17. The lowest BCUT2D eigenvalue weighted by Crippen LogP contribution is -2.42. The molecule has 2 heterocycles. The van der Waals surface area contributed by atoms with E-state index in [-0.39, 0.29) is 6.04 Å². The van der Waals surface area contributed by atoms with Crippen LogP contribution in [0.5, 0.6) is 0 Å². The normalized spacial score (nSPS) is 18.4. The standard InChI is InChI=1S/C15H15FN2O2S/c1-11-8-9-12-5-2-3-7-14(12)18(11)21(19,20)15-13(16)6-4-10-17-15/h2-7,10-11H,8-9H2,1H3. The second-order valence-corrected chi connectivity index (χ2v) is 6.84. The van der Waals surface area contributed by atoms with Gasteiger partial charge in [-0.25, -0.2) is 9.37 Å². The zero-order chi connectivity index (χ0) is 15.0. The number of para-hydroxylation sites is 1. The van der Waals surface area contributed by atoms with Crippen LogP contribution in [0.25, 0.3) is 0 Å². The summed E-state index contributed by atoms with van der Waals surface area (Å²) in [5, 5.41) is -0.520. The van der Waals surface area contributed by atoms with Crippen molar-refractivity contribution in [3.63, 3.8) is 0 Å². The fraction of sp³-hybridized carbons (Fsp3) is 0.267. The van der Waals surface area contributed by atoms with Crippen molar-refractivity contribution in [1.82, 2.24) is 4.98 Å². The monoisotopic (exact) mass is 306 g/mol. The SMILES string of the molecule is CC1CCc2ccccc2N1S(=O)(=O)c1ncccc1F. The summed E-state index contributed by atoms with van der Waals surface area (Å²) in [6.07, 6.45) is 2.80. The molecule has 1 unspecified atom stereocenters. The summed E-state index contributed by atoms with van der Waals surface area (Å²) in [7, 11) is -4.01. The van der Waals surface area contributed by atoms with Gasteiger partial charge in [0, 0.05) is 12.2 Å². The van der Waals surface area contributed by atoms with Crippen LogP contribution in [0.15, 0.2) is 47.6 Å². The molecule has 1 aliphatic heterocycles. The minimum absolute atomic E-state index is 0.230. The molecule has 1 atom stereocenters. The van der Waals surface area contributed by atoms with Crippen LogP contribution in [-0.2, 0) is 16.4 Å². The quantitative estimate of drug-likeness (QED) is 0.857. The van der Waals surface area contributed by atoms with Gasteiger partial charge in [0.2, 0.25) is 5.03 Å². The van der Waals surface area contributed by atoms with Crippen LogP contribution >= 0.6 is 0 Å². The van der Waals surface area contributed by atoms with E-state index >= 15 is 0 Å². The fourth-order valence-corrected chi connectivity index (χ4v) is 4.39. The summed E-state index contributed by atoms with van der Waals surface area (Å²) in [4.78, 5) is 3.73. The van der Waals surface area contributed by atoms with Gasteiger partial charge in [-0.3, -0.25) is 4.31 Å². The second kappa shape index (κ2) is 5.11. The molecule has 0 saturated carbocycles. The Morgan fingerprint density at radius 3 is 2.76 bits per heavy atom. The van der Waals surface area contributed by atoms with Gasteiger partial charge >= 0.3 is 0 Å². The highest BCUT2D eigenvalue weighted by molar-refractivity contribution is 7.92. The molecule has 3 rings (SSSR count). The highest BCUT2D eigenvalue weighted by Crippen LogP contribution is 2.35. The van der Waals surface area contributed by atoms with E-state index in [1.807, 2.05) is 19.1 Å². The zero-order valence-corrected chi connectivity index (χ0v) is 12.3. The van der Waals surface area contributed by atoms with E-state index in [1.54, 1.807) is 12.1 Å². The number of halogens is 1. The molecule has 0 fully saturated rings. The Kier molecular flexibility index (Phi) is 3.41. The molecule has 0 saturated heterocycles. The summed E-state index contributed by atoms with van der Waals surface area (Å²) < 4.78 is 40.8. The number of rotatable bonds is 2. The van der Waals surface area contributed by atoms with Gasteiger partial charge in [-0.1, -0.05) is 18.2 Å². The number of nitrogens with zero attached hydrogens (tertiary/aromatic N) is 2. The Morgan fingerprint density at radius 2 is 2.00 bits per heavy atom. The van der Waals surface area contributed by atoms with E-state index in [0.717, 1.165) is 18.1 Å². The molecular weight excluding hydrogens is 291 g/mol. The minimum atomic E-state index is -4.01. The molecule has 0 bridgehead atoms. The molecule has 4 nitrogen and oxygen atoms in total. The topological polar surface area (TPSA) is 50.3 Å². The Morgan fingerprint density at radius 1 is 1.24 bits per heavy atom. The van der Waals surface area contributed by atoms with Gasteiger partial charge < -0.3 is 0 Å². The third-order valence-corrected chi connectivity index (χ3v) is 5.55. The summed E-state index contributed by atoms with van der Waals surface area (Å²) in [5.41, 5.74) is 1.57. The average Bonchev–Trinajstić information content (AvgIpc) is 2.47. The molecule has 2 aromatic rings. The van der Waals surface area contributed by atoms with Gasteiger partial charge in [0.05, 0.1) is 5.69 Å². The van der Waals surface area contributed by atoms with Gasteiger partial charge in [0.1, 0.15) is 0 Å². The first-order valence-corrected chi connectivity index (χ1v) is 8.18. The molecule has 0 amide bonds. The Labute approximate surface area is 123 Å². The first-order chi connectivity index (χ1) is 10.0. The van der Waals surface area contributed by atoms with E-state index < -0.39 is 20.9 Å². The number of pyridine rings is 1. The van der Waals surface area contributed by atoms with Crippen LogP contribution in [0.2, 0.25) is 0 Å². The predicted octanol–water partition coefficient (Wildman–Crippen LogP) is 2.75. The van der Waals surface area contributed by atoms with E-state index in [0.29, 0.717) is 12.1 Å². The van der Waals surface area contributed by atoms with Crippen LogP contribution in [-0.4, -0.2) is 19.4 Å². The van der Waals surface area contributed by atoms with Crippen molar-refractivity contribution in [3.8, 4) is 0 Å². The number of hydrogen-bond donors (Lipinski definition) is 0. The Hall–Kier alpha value is -1.95. The first kappa shape index (κ1) is 14.0. The van der Waals surface area contributed by atoms with Crippen molar-refractivity contribution < 1.29 is 12.8 Å². The molecule has 21 heavy (non-hydrogen) atoms. The summed E-state index contributed by atoms with van der Waals surface area (Å²) in [6.45, 7) is 1.83. The number of benzene rings is 1. The molecule has 0 aliphatic carbocycles. The summed E-state index contributed by atoms with van der Waals surface area (Å²) in [6, 6.07) is 9.57. The zero-order valence-electron chi connectivity index (χ0n) is 11.5. The molecule has 1 aromatic heterocycles. The average molecular weight is 306 g/mol. The van der Waals surface area contributed by atoms with E-state index in [9.17, 15) is 12.8 Å². The molecule has 0 radical (unpaired) electrons. The highest BCUT2D eigenvalue weighted by atomic mass is 32.2. The van der Waals surface area contributed by atoms with Gasteiger partial charge in [-0.05, 0) is 43.5 Å². The number of aryl methyl sites for hydroxylation is 1. The smallest absolute Gasteiger partial charge is 0.262 e. The van der Waals surface area contributed by atoms with Gasteiger partial charge in [-0.2, -0.15) is 8.42 Å². The lowest BCUT2D eigenvalue weighted by molar-refractivity contribution is 0.536. The first-order valence-electron chi connectivity index (χ1n) is 6.74. The van der Waals surface area contributed by atoms with Gasteiger partial charge in [-0.15, -0.1) is 0 Å². The fourth-order valence-electron chi connectivity index (χ4n) is 2.68. The van der Waals surface area contributed by atoms with Crippen molar-refractivity contribution >= 4 is 15.7 Å². The minimum Gasteiger partial charge on any atom is -0.262 e. The third-order valence-electron chi connectivity index (χ3n) is 3.69. The second-order valence-electron chi connectivity index (χ2n) is 5.11. The number of aromatic nitrogens is 1. The maximum Gasteiger partial charge on any atom is 0.285 e. The number of anilines is 1. The van der Waals surface area contributed by atoms with Gasteiger partial charge in [0.25, 0.3) is 10.0 Å². The maximum absolute atomic E-state index is 13.9. The van der Waals surface area contributed by atoms with Crippen molar-refractivity contribution in [3.05, 3.63) is 54.0 Å². The molecule has 6 heteroatoms. The lowest BCUT2D eigenvalue weighted by atomic mass is 9.99. The van der Waals surface area contributed by atoms with Gasteiger partial charge in [0.15, 0.2) is 5.82 Å². The highest BCUT2D eigenvalue weighted by Gasteiger charge is 2.36. The summed E-state index contributed by atoms with van der Waals surface area (Å²) >= 11 is 0. The predicted molar refractivity (Wildman–Crippen MR) is 78.1 cm³/mol. The molecule has 0 spiro atoms.